The Morgan fingerprint density at radius 1 is 1.42 bits per heavy atom. The number of nitrogens with one attached hydrogen (secondary N) is 1. The third kappa shape index (κ3) is 3.36. The van der Waals surface area contributed by atoms with E-state index in [9.17, 15) is 9.18 Å². The summed E-state index contributed by atoms with van der Waals surface area (Å²) in [5.74, 6) is 0.320. The van der Waals surface area contributed by atoms with E-state index in [1.165, 1.54) is 19.2 Å². The van der Waals surface area contributed by atoms with Gasteiger partial charge in [-0.05, 0) is 25.0 Å². The smallest absolute Gasteiger partial charge is 0.219 e. The molecule has 1 saturated heterocycles. The largest absolute Gasteiger partial charge is 0.494 e. The molecule has 1 N–H and O–H groups in total. The fourth-order valence-corrected chi connectivity index (χ4v) is 2.34. The van der Waals surface area contributed by atoms with Crippen LogP contribution in [0, 0.1) is 5.82 Å². The van der Waals surface area contributed by atoms with E-state index >= 15 is 0 Å². The number of rotatable bonds is 3. The van der Waals surface area contributed by atoms with Crippen LogP contribution in [0.4, 0.5) is 10.1 Å². The van der Waals surface area contributed by atoms with E-state index in [-0.39, 0.29) is 17.8 Å². The van der Waals surface area contributed by atoms with Crippen molar-refractivity contribution in [3.8, 4) is 5.75 Å². The maximum atomic E-state index is 13.1. The quantitative estimate of drug-likeness (QED) is 0.912. The molecule has 1 aliphatic rings. The Morgan fingerprint density at radius 2 is 2.11 bits per heavy atom. The standard InChI is InChI=1S/C14H19FN2O2/c1-10(18)17-7-5-12(6-8-17)16-13-4-3-11(15)9-14(13)19-2/h3-4,9,12,16H,5-8H2,1-2H3. The lowest BCUT2D eigenvalue weighted by molar-refractivity contribution is -0.129. The summed E-state index contributed by atoms with van der Waals surface area (Å²) < 4.78 is 18.3. The normalized spacial score (nSPS) is 16.3. The van der Waals surface area contributed by atoms with Crippen LogP contribution in [0.5, 0.6) is 5.75 Å². The molecule has 1 aliphatic heterocycles. The van der Waals surface area contributed by atoms with Crippen LogP contribution in [-0.2, 0) is 4.79 Å². The van der Waals surface area contributed by atoms with Gasteiger partial charge in [0.25, 0.3) is 0 Å². The summed E-state index contributed by atoms with van der Waals surface area (Å²) in [7, 11) is 1.53. The Morgan fingerprint density at radius 3 is 2.68 bits per heavy atom. The predicted octanol–water partition coefficient (Wildman–Crippen LogP) is 2.26. The molecule has 1 fully saturated rings. The second-order valence-electron chi connectivity index (χ2n) is 4.77. The van der Waals surface area contributed by atoms with Crippen LogP contribution in [0.15, 0.2) is 18.2 Å². The second-order valence-corrected chi connectivity index (χ2v) is 4.77. The molecule has 0 aliphatic carbocycles. The van der Waals surface area contributed by atoms with Gasteiger partial charge in [-0.25, -0.2) is 4.39 Å². The highest BCUT2D eigenvalue weighted by atomic mass is 19.1. The Bertz CT molecular complexity index is 457. The number of ether oxygens (including phenoxy) is 1. The van der Waals surface area contributed by atoms with E-state index in [0.717, 1.165) is 31.6 Å². The maximum absolute atomic E-state index is 13.1. The molecule has 0 spiro atoms. The van der Waals surface area contributed by atoms with Crippen molar-refractivity contribution in [1.29, 1.82) is 0 Å². The molecule has 4 nitrogen and oxygen atoms in total. The van der Waals surface area contributed by atoms with Crippen molar-refractivity contribution in [2.45, 2.75) is 25.8 Å². The first-order chi connectivity index (χ1) is 9.10. The van der Waals surface area contributed by atoms with Crippen molar-refractivity contribution in [3.05, 3.63) is 24.0 Å². The topological polar surface area (TPSA) is 41.6 Å². The number of benzene rings is 1. The number of piperidine rings is 1. The minimum absolute atomic E-state index is 0.123. The number of hydrogen-bond acceptors (Lipinski definition) is 3. The summed E-state index contributed by atoms with van der Waals surface area (Å²) in [5.41, 5.74) is 0.796. The van der Waals surface area contributed by atoms with Crippen molar-refractivity contribution in [2.24, 2.45) is 0 Å². The summed E-state index contributed by atoms with van der Waals surface area (Å²) in [4.78, 5) is 13.1. The number of halogens is 1. The number of methoxy groups -OCH3 is 1. The SMILES string of the molecule is COc1cc(F)ccc1NC1CCN(C(C)=O)CC1. The molecule has 19 heavy (non-hydrogen) atoms. The minimum Gasteiger partial charge on any atom is -0.494 e. The number of likely N-dealkylation sites (tertiary alicyclic amines) is 1. The molecule has 0 atom stereocenters. The highest BCUT2D eigenvalue weighted by Gasteiger charge is 2.21. The number of nitrogens with zero attached hydrogens (tertiary/aromatic N) is 1. The molecule has 2 rings (SSSR count). The third-order valence-corrected chi connectivity index (χ3v) is 3.46. The first-order valence-corrected chi connectivity index (χ1v) is 6.45. The summed E-state index contributed by atoms with van der Waals surface area (Å²) in [6.45, 7) is 3.11. The average Bonchev–Trinajstić information content (AvgIpc) is 2.41. The van der Waals surface area contributed by atoms with E-state index < -0.39 is 0 Å². The molecule has 104 valence electrons. The first-order valence-electron chi connectivity index (χ1n) is 6.45. The zero-order valence-electron chi connectivity index (χ0n) is 11.3. The van der Waals surface area contributed by atoms with Crippen molar-refractivity contribution in [1.82, 2.24) is 4.90 Å². The van der Waals surface area contributed by atoms with Crippen molar-refractivity contribution >= 4 is 11.6 Å². The van der Waals surface area contributed by atoms with Crippen LogP contribution >= 0.6 is 0 Å². The summed E-state index contributed by atoms with van der Waals surface area (Å²) in [6.07, 6.45) is 1.78. The summed E-state index contributed by atoms with van der Waals surface area (Å²) in [6, 6.07) is 4.75. The molecule has 1 heterocycles. The number of carbonyl (C=O) groups is 1. The Labute approximate surface area is 112 Å². The van der Waals surface area contributed by atoms with E-state index in [0.29, 0.717) is 5.75 Å². The van der Waals surface area contributed by atoms with E-state index in [4.69, 9.17) is 4.74 Å². The molecule has 0 aromatic heterocycles. The molecule has 0 unspecified atom stereocenters. The average molecular weight is 266 g/mol. The number of amides is 1. The minimum atomic E-state index is -0.311. The molecule has 5 heteroatoms. The Kier molecular flexibility index (Phi) is 4.24. The van der Waals surface area contributed by atoms with Crippen LogP contribution in [-0.4, -0.2) is 37.0 Å². The molecular weight excluding hydrogens is 247 g/mol. The molecule has 0 saturated carbocycles. The number of carbonyl (C=O) groups excluding carboxylic acids is 1. The highest BCUT2D eigenvalue weighted by Crippen LogP contribution is 2.27. The fraction of sp³-hybridized carbons (Fsp3) is 0.500. The molecule has 1 aromatic carbocycles. The monoisotopic (exact) mass is 266 g/mol. The van der Waals surface area contributed by atoms with Gasteiger partial charge in [0.2, 0.25) is 5.91 Å². The van der Waals surface area contributed by atoms with Gasteiger partial charge in [0.1, 0.15) is 11.6 Å². The van der Waals surface area contributed by atoms with Crippen LogP contribution in [0.1, 0.15) is 19.8 Å². The van der Waals surface area contributed by atoms with Gasteiger partial charge < -0.3 is 15.0 Å². The fourth-order valence-electron chi connectivity index (χ4n) is 2.34. The lowest BCUT2D eigenvalue weighted by Gasteiger charge is -2.32. The highest BCUT2D eigenvalue weighted by molar-refractivity contribution is 5.73. The van der Waals surface area contributed by atoms with Gasteiger partial charge in [-0.1, -0.05) is 0 Å². The first kappa shape index (κ1) is 13.6. The number of anilines is 1. The van der Waals surface area contributed by atoms with Crippen molar-refractivity contribution in [3.63, 3.8) is 0 Å². The zero-order chi connectivity index (χ0) is 13.8. The van der Waals surface area contributed by atoms with Gasteiger partial charge in [0, 0.05) is 32.1 Å². The van der Waals surface area contributed by atoms with Crippen LogP contribution in [0.2, 0.25) is 0 Å². The lowest BCUT2D eigenvalue weighted by Crippen LogP contribution is -2.41. The molecule has 0 radical (unpaired) electrons. The third-order valence-electron chi connectivity index (χ3n) is 3.46. The van der Waals surface area contributed by atoms with Crippen molar-refractivity contribution in [2.75, 3.05) is 25.5 Å². The molecule has 1 amide bonds. The molecule has 1 aromatic rings. The van der Waals surface area contributed by atoms with Gasteiger partial charge in [-0.3, -0.25) is 4.79 Å². The van der Waals surface area contributed by atoms with E-state index in [2.05, 4.69) is 5.32 Å². The summed E-state index contributed by atoms with van der Waals surface area (Å²) >= 11 is 0. The molecular formula is C14H19FN2O2. The second kappa shape index (κ2) is 5.91. The molecule has 0 bridgehead atoms. The van der Waals surface area contributed by atoms with Gasteiger partial charge in [-0.2, -0.15) is 0 Å². The van der Waals surface area contributed by atoms with E-state index in [1.54, 1.807) is 13.0 Å². The Hall–Kier alpha value is -1.78. The van der Waals surface area contributed by atoms with Gasteiger partial charge in [0.15, 0.2) is 0 Å². The van der Waals surface area contributed by atoms with Crippen LogP contribution in [0.3, 0.4) is 0 Å². The maximum Gasteiger partial charge on any atom is 0.219 e. The summed E-state index contributed by atoms with van der Waals surface area (Å²) in [5, 5.41) is 3.36. The van der Waals surface area contributed by atoms with Crippen LogP contribution < -0.4 is 10.1 Å². The van der Waals surface area contributed by atoms with Gasteiger partial charge in [0.05, 0.1) is 12.8 Å². The number of hydrogen-bond donors (Lipinski definition) is 1. The predicted molar refractivity (Wildman–Crippen MR) is 71.9 cm³/mol. The lowest BCUT2D eigenvalue weighted by atomic mass is 10.0. The van der Waals surface area contributed by atoms with Crippen LogP contribution in [0.25, 0.3) is 0 Å². The van der Waals surface area contributed by atoms with Gasteiger partial charge >= 0.3 is 0 Å². The van der Waals surface area contributed by atoms with Crippen molar-refractivity contribution < 1.29 is 13.9 Å². The van der Waals surface area contributed by atoms with E-state index in [1.807, 2.05) is 4.90 Å². The zero-order valence-corrected chi connectivity index (χ0v) is 11.3. The van der Waals surface area contributed by atoms with Gasteiger partial charge in [-0.15, -0.1) is 0 Å². The Balaban J connectivity index is 1.97.